The lowest BCUT2D eigenvalue weighted by Crippen LogP contribution is -2.14. The Bertz CT molecular complexity index is 801. The quantitative estimate of drug-likeness (QED) is 0.671. The van der Waals surface area contributed by atoms with Gasteiger partial charge in [0.1, 0.15) is 6.61 Å². The minimum atomic E-state index is -3.42. The van der Waals surface area contributed by atoms with Crippen LogP contribution in [0.3, 0.4) is 0 Å². The van der Waals surface area contributed by atoms with Crippen molar-refractivity contribution in [2.75, 3.05) is 12.0 Å². The lowest BCUT2D eigenvalue weighted by Gasteiger charge is -2.14. The van der Waals surface area contributed by atoms with E-state index in [9.17, 15) is 13.2 Å². The van der Waals surface area contributed by atoms with Crippen LogP contribution in [0.4, 0.5) is 5.69 Å². The molecule has 0 amide bonds. The van der Waals surface area contributed by atoms with E-state index in [0.717, 1.165) is 11.8 Å². The topological polar surface area (TPSA) is 86.5 Å². The number of anilines is 1. The molecular weight excluding hydrogens is 314 g/mol. The fourth-order valence-electron chi connectivity index (χ4n) is 2.19. The number of nitrogens with two attached hydrogens (primary N) is 1. The van der Waals surface area contributed by atoms with Crippen LogP contribution in [0.2, 0.25) is 0 Å². The van der Waals surface area contributed by atoms with Gasteiger partial charge >= 0.3 is 5.97 Å². The van der Waals surface area contributed by atoms with Crippen LogP contribution in [0, 0.1) is 0 Å². The molecule has 0 aliphatic heterocycles. The molecule has 0 spiro atoms. The van der Waals surface area contributed by atoms with Crippen LogP contribution in [-0.2, 0) is 26.0 Å². The summed E-state index contributed by atoms with van der Waals surface area (Å²) in [5.41, 5.74) is 7.32. The first-order chi connectivity index (χ1) is 10.8. The molecule has 2 aromatic carbocycles. The molecule has 0 aliphatic rings. The maximum absolute atomic E-state index is 12.1. The summed E-state index contributed by atoms with van der Waals surface area (Å²) in [7, 11) is -3.42. The zero-order valence-corrected chi connectivity index (χ0v) is 13.8. The molecule has 122 valence electrons. The summed E-state index contributed by atoms with van der Waals surface area (Å²) >= 11 is 0. The number of benzene rings is 2. The molecule has 0 fully saturated rings. The van der Waals surface area contributed by atoms with Crippen molar-refractivity contribution in [2.45, 2.75) is 24.3 Å². The molecular formula is C17H19NO4S. The third kappa shape index (κ3) is 4.10. The van der Waals surface area contributed by atoms with Crippen LogP contribution in [0.1, 0.15) is 24.0 Å². The third-order valence-electron chi connectivity index (χ3n) is 3.58. The summed E-state index contributed by atoms with van der Waals surface area (Å²) in [5.74, 6) is -0.795. The number of hydrogen-bond acceptors (Lipinski definition) is 5. The molecule has 0 saturated heterocycles. The maximum Gasteiger partial charge on any atom is 0.313 e. The average molecular weight is 333 g/mol. The largest absolute Gasteiger partial charge is 0.460 e. The third-order valence-corrected chi connectivity index (χ3v) is 4.73. The Morgan fingerprint density at radius 3 is 2.39 bits per heavy atom. The SMILES string of the molecule is CC(C(=O)OCc1cccc(S(C)(=O)=O)c1N)c1ccccc1. The Morgan fingerprint density at radius 1 is 1.13 bits per heavy atom. The van der Waals surface area contributed by atoms with Crippen LogP contribution in [0.5, 0.6) is 0 Å². The Balaban J connectivity index is 2.11. The van der Waals surface area contributed by atoms with Gasteiger partial charge in [0, 0.05) is 11.8 Å². The molecule has 0 bridgehead atoms. The number of sulfone groups is 1. The Kier molecular flexibility index (Phi) is 5.05. The number of carbonyl (C=O) groups excluding carboxylic acids is 1. The van der Waals surface area contributed by atoms with Gasteiger partial charge < -0.3 is 10.5 Å². The van der Waals surface area contributed by atoms with Crippen molar-refractivity contribution in [3.63, 3.8) is 0 Å². The van der Waals surface area contributed by atoms with Gasteiger partial charge in [0.2, 0.25) is 0 Å². The normalized spacial score (nSPS) is 12.6. The van der Waals surface area contributed by atoms with Crippen molar-refractivity contribution < 1.29 is 17.9 Å². The van der Waals surface area contributed by atoms with Gasteiger partial charge in [-0.15, -0.1) is 0 Å². The van der Waals surface area contributed by atoms with Gasteiger partial charge in [0.05, 0.1) is 16.5 Å². The minimum absolute atomic E-state index is 0.0437. The number of rotatable bonds is 5. The molecule has 5 nitrogen and oxygen atoms in total. The van der Waals surface area contributed by atoms with Gasteiger partial charge in [0.15, 0.2) is 9.84 Å². The second-order valence-electron chi connectivity index (χ2n) is 5.34. The van der Waals surface area contributed by atoms with Gasteiger partial charge in [-0.1, -0.05) is 42.5 Å². The average Bonchev–Trinajstić information content (AvgIpc) is 2.52. The van der Waals surface area contributed by atoms with Gasteiger partial charge in [-0.25, -0.2) is 8.42 Å². The van der Waals surface area contributed by atoms with E-state index in [1.165, 1.54) is 6.07 Å². The van der Waals surface area contributed by atoms with Crippen LogP contribution in [0.15, 0.2) is 53.4 Å². The van der Waals surface area contributed by atoms with Crippen molar-refractivity contribution >= 4 is 21.5 Å². The first-order valence-electron chi connectivity index (χ1n) is 7.09. The number of esters is 1. The highest BCUT2D eigenvalue weighted by molar-refractivity contribution is 7.90. The van der Waals surface area contributed by atoms with E-state index in [0.29, 0.717) is 5.56 Å². The molecule has 2 rings (SSSR count). The number of nitrogen functional groups attached to an aromatic ring is 1. The van der Waals surface area contributed by atoms with E-state index >= 15 is 0 Å². The van der Waals surface area contributed by atoms with Crippen molar-refractivity contribution in [1.29, 1.82) is 0 Å². The standard InChI is InChI=1S/C17H19NO4S/c1-12(13-7-4-3-5-8-13)17(19)22-11-14-9-6-10-15(16(14)18)23(2,20)21/h3-10,12H,11,18H2,1-2H3. The maximum atomic E-state index is 12.1. The second-order valence-corrected chi connectivity index (χ2v) is 7.33. The molecule has 1 unspecified atom stereocenters. The smallest absolute Gasteiger partial charge is 0.313 e. The van der Waals surface area contributed by atoms with E-state index in [-0.39, 0.29) is 23.2 Å². The predicted octanol–water partition coefficient (Wildman–Crippen LogP) is 2.52. The highest BCUT2D eigenvalue weighted by Crippen LogP contribution is 2.24. The molecule has 2 N–H and O–H groups in total. The van der Waals surface area contributed by atoms with E-state index in [2.05, 4.69) is 0 Å². The predicted molar refractivity (Wildman–Crippen MR) is 88.6 cm³/mol. The molecule has 2 aromatic rings. The zero-order chi connectivity index (χ0) is 17.0. The number of para-hydroxylation sites is 1. The minimum Gasteiger partial charge on any atom is -0.460 e. The molecule has 0 heterocycles. The highest BCUT2D eigenvalue weighted by atomic mass is 32.2. The van der Waals surface area contributed by atoms with E-state index in [1.54, 1.807) is 19.1 Å². The molecule has 0 aliphatic carbocycles. The van der Waals surface area contributed by atoms with Crippen molar-refractivity contribution in [2.24, 2.45) is 0 Å². The molecule has 0 saturated carbocycles. The summed E-state index contributed by atoms with van der Waals surface area (Å²) in [6.45, 7) is 1.69. The Labute approximate surface area is 136 Å². The van der Waals surface area contributed by atoms with Crippen molar-refractivity contribution in [3.8, 4) is 0 Å². The Morgan fingerprint density at radius 2 is 1.78 bits per heavy atom. The van der Waals surface area contributed by atoms with Gasteiger partial charge in [-0.2, -0.15) is 0 Å². The Hall–Kier alpha value is -2.34. The molecule has 0 radical (unpaired) electrons. The first kappa shape index (κ1) is 17.0. The van der Waals surface area contributed by atoms with Crippen molar-refractivity contribution in [1.82, 2.24) is 0 Å². The lowest BCUT2D eigenvalue weighted by molar-refractivity contribution is -0.146. The highest BCUT2D eigenvalue weighted by Gasteiger charge is 2.18. The van der Waals surface area contributed by atoms with E-state index < -0.39 is 15.8 Å². The van der Waals surface area contributed by atoms with E-state index in [1.807, 2.05) is 30.3 Å². The van der Waals surface area contributed by atoms with Gasteiger partial charge in [0.25, 0.3) is 0 Å². The fourth-order valence-corrected chi connectivity index (χ4v) is 3.05. The van der Waals surface area contributed by atoms with Crippen LogP contribution in [-0.4, -0.2) is 20.6 Å². The summed E-state index contributed by atoms with van der Waals surface area (Å²) < 4.78 is 28.6. The lowest BCUT2D eigenvalue weighted by atomic mass is 10.0. The summed E-state index contributed by atoms with van der Waals surface area (Å²) in [4.78, 5) is 12.2. The first-order valence-corrected chi connectivity index (χ1v) is 8.99. The molecule has 1 atom stereocenters. The molecule has 0 aromatic heterocycles. The van der Waals surface area contributed by atoms with Crippen LogP contribution in [0.25, 0.3) is 0 Å². The molecule has 23 heavy (non-hydrogen) atoms. The summed E-state index contributed by atoms with van der Waals surface area (Å²) in [6.07, 6.45) is 1.09. The van der Waals surface area contributed by atoms with Gasteiger partial charge in [-0.3, -0.25) is 4.79 Å². The fraction of sp³-hybridized carbons (Fsp3) is 0.235. The second kappa shape index (κ2) is 6.83. The summed E-state index contributed by atoms with van der Waals surface area (Å²) in [6, 6.07) is 13.9. The van der Waals surface area contributed by atoms with Crippen molar-refractivity contribution in [3.05, 3.63) is 59.7 Å². The molecule has 6 heteroatoms. The van der Waals surface area contributed by atoms with Crippen LogP contribution >= 0.6 is 0 Å². The monoisotopic (exact) mass is 333 g/mol. The number of ether oxygens (including phenoxy) is 1. The van der Waals surface area contributed by atoms with E-state index in [4.69, 9.17) is 10.5 Å². The number of carbonyl (C=O) groups is 1. The zero-order valence-electron chi connectivity index (χ0n) is 13.0. The van der Waals surface area contributed by atoms with Crippen LogP contribution < -0.4 is 5.73 Å². The van der Waals surface area contributed by atoms with Gasteiger partial charge in [-0.05, 0) is 18.6 Å². The number of hydrogen-bond donors (Lipinski definition) is 1. The summed E-state index contributed by atoms with van der Waals surface area (Å²) in [5, 5.41) is 0.